The van der Waals surface area contributed by atoms with Gasteiger partial charge in [0.1, 0.15) is 0 Å². The van der Waals surface area contributed by atoms with Crippen LogP contribution in [0.25, 0.3) is 0 Å². The van der Waals surface area contributed by atoms with Crippen molar-refractivity contribution in [2.75, 3.05) is 12.8 Å². The Balaban J connectivity index is 3.39. The lowest BCUT2D eigenvalue weighted by atomic mass is 10.3. The predicted octanol–water partition coefficient (Wildman–Crippen LogP) is 0.346. The molecule has 0 radical (unpaired) electrons. The fourth-order valence-electron chi connectivity index (χ4n) is 0.343. The summed E-state index contributed by atoms with van der Waals surface area (Å²) in [4.78, 5) is 3.80. The first-order valence-corrected chi connectivity index (χ1v) is 3.89. The third-order valence-corrected chi connectivity index (χ3v) is 1.55. The molecule has 0 saturated carbocycles. The monoisotopic (exact) mass is 148 g/mol. The molecular formula is C5H10NO2S-. The summed E-state index contributed by atoms with van der Waals surface area (Å²) in [6, 6.07) is 0. The average molecular weight is 148 g/mol. The van der Waals surface area contributed by atoms with E-state index >= 15 is 0 Å². The van der Waals surface area contributed by atoms with Gasteiger partial charge in [-0.25, -0.2) is 0 Å². The number of nitrogens with zero attached hydrogens (tertiary/aromatic N) is 1. The van der Waals surface area contributed by atoms with Crippen LogP contribution in [0.1, 0.15) is 13.3 Å². The van der Waals surface area contributed by atoms with Gasteiger partial charge in [-0.3, -0.25) is 9.20 Å². The lowest BCUT2D eigenvalue weighted by molar-refractivity contribution is 0.537. The Hall–Kier alpha value is -0.220. The Labute approximate surface area is 57.5 Å². The molecule has 0 amide bonds. The van der Waals surface area contributed by atoms with E-state index in [1.807, 2.05) is 6.92 Å². The van der Waals surface area contributed by atoms with Gasteiger partial charge in [0, 0.05) is 18.5 Å². The van der Waals surface area contributed by atoms with E-state index in [0.717, 1.165) is 5.71 Å². The van der Waals surface area contributed by atoms with Crippen molar-refractivity contribution in [1.82, 2.24) is 0 Å². The van der Waals surface area contributed by atoms with Crippen molar-refractivity contribution in [2.45, 2.75) is 13.3 Å². The molecule has 0 saturated heterocycles. The van der Waals surface area contributed by atoms with Gasteiger partial charge in [-0.15, -0.1) is 0 Å². The van der Waals surface area contributed by atoms with Crippen LogP contribution in [0.2, 0.25) is 0 Å². The highest BCUT2D eigenvalue weighted by atomic mass is 32.2. The highest BCUT2D eigenvalue weighted by Gasteiger charge is 1.88. The van der Waals surface area contributed by atoms with Gasteiger partial charge in [-0.1, -0.05) is 11.1 Å². The molecular weight excluding hydrogens is 138 g/mol. The topological polar surface area (TPSA) is 52.5 Å². The van der Waals surface area contributed by atoms with Crippen molar-refractivity contribution in [2.24, 2.45) is 4.99 Å². The second kappa shape index (κ2) is 4.64. The molecule has 0 aliphatic heterocycles. The molecule has 0 aliphatic carbocycles. The molecule has 1 unspecified atom stereocenters. The molecule has 0 aromatic carbocycles. The minimum Gasteiger partial charge on any atom is -0.772 e. The molecule has 0 bridgehead atoms. The summed E-state index contributed by atoms with van der Waals surface area (Å²) in [5.74, 6) is 0.184. The maximum atomic E-state index is 9.96. The van der Waals surface area contributed by atoms with Crippen LogP contribution in [0.3, 0.4) is 0 Å². The first-order chi connectivity index (χ1) is 4.16. The number of rotatable bonds is 3. The first-order valence-electron chi connectivity index (χ1n) is 2.65. The molecule has 0 rings (SSSR count). The Morgan fingerprint density at radius 2 is 2.33 bits per heavy atom. The van der Waals surface area contributed by atoms with Crippen molar-refractivity contribution in [1.29, 1.82) is 0 Å². The summed E-state index contributed by atoms with van der Waals surface area (Å²) >= 11 is -1.92. The Morgan fingerprint density at radius 3 is 2.67 bits per heavy atom. The van der Waals surface area contributed by atoms with Crippen LogP contribution in [0, 0.1) is 0 Å². The van der Waals surface area contributed by atoms with Crippen LogP contribution >= 0.6 is 0 Å². The van der Waals surface area contributed by atoms with Gasteiger partial charge in [-0.05, 0) is 13.3 Å². The molecule has 1 atom stereocenters. The van der Waals surface area contributed by atoms with Gasteiger partial charge in [-0.2, -0.15) is 0 Å². The largest absolute Gasteiger partial charge is 0.772 e. The van der Waals surface area contributed by atoms with Gasteiger partial charge < -0.3 is 4.55 Å². The van der Waals surface area contributed by atoms with E-state index in [0.29, 0.717) is 6.42 Å². The number of hydrogen-bond acceptors (Lipinski definition) is 3. The summed E-state index contributed by atoms with van der Waals surface area (Å²) in [5.41, 5.74) is 0.874. The van der Waals surface area contributed by atoms with E-state index < -0.39 is 11.1 Å². The maximum Gasteiger partial charge on any atom is 0.0276 e. The van der Waals surface area contributed by atoms with Crippen LogP contribution < -0.4 is 0 Å². The summed E-state index contributed by atoms with van der Waals surface area (Å²) in [7, 11) is 1.66. The number of aliphatic imine (C=N–C) groups is 1. The third kappa shape index (κ3) is 5.65. The molecule has 0 heterocycles. The quantitative estimate of drug-likeness (QED) is 0.428. The van der Waals surface area contributed by atoms with E-state index in [9.17, 15) is 8.76 Å². The van der Waals surface area contributed by atoms with Crippen molar-refractivity contribution >= 4 is 16.8 Å². The zero-order valence-electron chi connectivity index (χ0n) is 5.59. The van der Waals surface area contributed by atoms with Crippen molar-refractivity contribution in [3.05, 3.63) is 0 Å². The lowest BCUT2D eigenvalue weighted by Gasteiger charge is -2.02. The molecule has 54 valence electrons. The van der Waals surface area contributed by atoms with Crippen LogP contribution in [0.4, 0.5) is 0 Å². The zero-order chi connectivity index (χ0) is 7.28. The molecule has 0 fully saturated rings. The van der Waals surface area contributed by atoms with Crippen LogP contribution in [0.5, 0.6) is 0 Å². The Kier molecular flexibility index (Phi) is 4.53. The lowest BCUT2D eigenvalue weighted by Crippen LogP contribution is -2.01. The Morgan fingerprint density at radius 1 is 1.78 bits per heavy atom. The van der Waals surface area contributed by atoms with Crippen molar-refractivity contribution in [3.8, 4) is 0 Å². The van der Waals surface area contributed by atoms with E-state index in [2.05, 4.69) is 4.99 Å². The number of hydrogen-bond donors (Lipinski definition) is 0. The molecule has 4 heteroatoms. The molecule has 0 aliphatic rings. The Bertz CT molecular complexity index is 133. The molecule has 9 heavy (non-hydrogen) atoms. The minimum absolute atomic E-state index is 0.184. The van der Waals surface area contributed by atoms with Crippen LogP contribution in [-0.4, -0.2) is 27.3 Å². The van der Waals surface area contributed by atoms with Gasteiger partial charge >= 0.3 is 0 Å². The predicted molar refractivity (Wildman–Crippen MR) is 37.4 cm³/mol. The summed E-state index contributed by atoms with van der Waals surface area (Å²) < 4.78 is 19.9. The maximum absolute atomic E-state index is 9.96. The van der Waals surface area contributed by atoms with Crippen LogP contribution in [0.15, 0.2) is 4.99 Å². The zero-order valence-corrected chi connectivity index (χ0v) is 6.40. The smallest absolute Gasteiger partial charge is 0.0276 e. The molecule has 0 aromatic rings. The molecule has 0 aromatic heterocycles. The van der Waals surface area contributed by atoms with Gasteiger partial charge in [0.25, 0.3) is 0 Å². The van der Waals surface area contributed by atoms with Crippen molar-refractivity contribution in [3.63, 3.8) is 0 Å². The molecule has 0 N–H and O–H groups in total. The van der Waals surface area contributed by atoms with Gasteiger partial charge in [0.05, 0.1) is 0 Å². The van der Waals surface area contributed by atoms with E-state index in [-0.39, 0.29) is 5.75 Å². The second-order valence-corrected chi connectivity index (χ2v) is 2.73. The third-order valence-electron chi connectivity index (χ3n) is 1.01. The standard InChI is InChI=1S/C5H11NO2S/c1-5(6-2)3-4-9(7)8/h3-4H2,1-2H3,(H,7,8)/p-1. The average Bonchev–Trinajstić information content (AvgIpc) is 1.83. The normalized spacial score (nSPS) is 15.7. The van der Waals surface area contributed by atoms with Crippen LogP contribution in [-0.2, 0) is 11.1 Å². The van der Waals surface area contributed by atoms with Gasteiger partial charge in [0.2, 0.25) is 0 Å². The molecule has 3 nitrogen and oxygen atoms in total. The fraction of sp³-hybridized carbons (Fsp3) is 0.800. The summed E-state index contributed by atoms with van der Waals surface area (Å²) in [5, 5.41) is 0. The summed E-state index contributed by atoms with van der Waals surface area (Å²) in [6.45, 7) is 1.81. The van der Waals surface area contributed by atoms with E-state index in [4.69, 9.17) is 0 Å². The minimum atomic E-state index is -1.92. The molecule has 0 spiro atoms. The SMILES string of the molecule is CN=C(C)CCS(=O)[O-]. The fourth-order valence-corrected chi connectivity index (χ4v) is 0.805. The first kappa shape index (κ1) is 8.78. The summed E-state index contributed by atoms with van der Waals surface area (Å²) in [6.07, 6.45) is 0.548. The second-order valence-electron chi connectivity index (χ2n) is 1.72. The van der Waals surface area contributed by atoms with Gasteiger partial charge in [0.15, 0.2) is 0 Å². The highest BCUT2D eigenvalue weighted by molar-refractivity contribution is 7.79. The highest BCUT2D eigenvalue weighted by Crippen LogP contribution is 1.86. The van der Waals surface area contributed by atoms with E-state index in [1.54, 1.807) is 7.05 Å². The van der Waals surface area contributed by atoms with Crippen molar-refractivity contribution < 1.29 is 8.76 Å². The van der Waals surface area contributed by atoms with E-state index in [1.165, 1.54) is 0 Å².